The third kappa shape index (κ3) is 3.23. The van der Waals surface area contributed by atoms with E-state index in [1.807, 2.05) is 18.7 Å². The van der Waals surface area contributed by atoms with E-state index in [9.17, 15) is 4.79 Å². The first-order valence-electron chi connectivity index (χ1n) is 6.53. The van der Waals surface area contributed by atoms with Gasteiger partial charge in [0.1, 0.15) is 0 Å². The molecule has 1 heterocycles. The summed E-state index contributed by atoms with van der Waals surface area (Å²) in [7, 11) is 0. The molecule has 0 saturated heterocycles. The van der Waals surface area contributed by atoms with E-state index in [0.29, 0.717) is 6.54 Å². The van der Waals surface area contributed by atoms with Crippen LogP contribution in [0.5, 0.6) is 0 Å². The molecule has 1 aromatic heterocycles. The second-order valence-electron chi connectivity index (χ2n) is 4.41. The van der Waals surface area contributed by atoms with E-state index in [4.69, 9.17) is 0 Å². The Balaban J connectivity index is 2.03. The molecule has 0 bridgehead atoms. The van der Waals surface area contributed by atoms with Crippen molar-refractivity contribution in [1.82, 2.24) is 9.88 Å². The molecule has 0 aliphatic heterocycles. The molecular formula is C14H19N3OS. The van der Waals surface area contributed by atoms with Gasteiger partial charge in [-0.05, 0) is 38.5 Å². The summed E-state index contributed by atoms with van der Waals surface area (Å²) in [5, 5.41) is 3.93. The number of hydrogen-bond acceptors (Lipinski definition) is 4. The van der Waals surface area contributed by atoms with E-state index in [2.05, 4.69) is 35.4 Å². The molecule has 19 heavy (non-hydrogen) atoms. The Hall–Kier alpha value is -1.62. The van der Waals surface area contributed by atoms with Gasteiger partial charge in [0.25, 0.3) is 0 Å². The number of aryl methyl sites for hydroxylation is 1. The molecule has 1 amide bonds. The number of fused-ring (bicyclic) bond motifs is 1. The van der Waals surface area contributed by atoms with Gasteiger partial charge in [-0.3, -0.25) is 4.79 Å². The summed E-state index contributed by atoms with van der Waals surface area (Å²) in [6, 6.07) is 6.20. The van der Waals surface area contributed by atoms with Crippen LogP contribution in [-0.2, 0) is 4.79 Å². The van der Waals surface area contributed by atoms with E-state index < -0.39 is 0 Å². The summed E-state index contributed by atoms with van der Waals surface area (Å²) in [4.78, 5) is 18.2. The number of carbonyl (C=O) groups excluding carboxylic acids is 1. The highest BCUT2D eigenvalue weighted by Gasteiger charge is 2.10. The van der Waals surface area contributed by atoms with Gasteiger partial charge >= 0.3 is 0 Å². The number of carbonyl (C=O) groups is 1. The lowest BCUT2D eigenvalue weighted by Crippen LogP contribution is -2.35. The summed E-state index contributed by atoms with van der Waals surface area (Å²) in [5.41, 5.74) is 2.19. The monoisotopic (exact) mass is 277 g/mol. The average Bonchev–Trinajstić information content (AvgIpc) is 2.79. The van der Waals surface area contributed by atoms with Crippen molar-refractivity contribution >= 4 is 32.6 Å². The lowest BCUT2D eigenvalue weighted by Gasteiger charge is -2.18. The van der Waals surface area contributed by atoms with Crippen LogP contribution in [0.1, 0.15) is 19.4 Å². The van der Waals surface area contributed by atoms with Crippen molar-refractivity contribution in [3.63, 3.8) is 0 Å². The van der Waals surface area contributed by atoms with Crippen molar-refractivity contribution in [2.45, 2.75) is 20.8 Å². The van der Waals surface area contributed by atoms with Crippen LogP contribution in [-0.4, -0.2) is 35.4 Å². The maximum Gasteiger partial charge on any atom is 0.241 e. The molecule has 0 spiro atoms. The zero-order valence-corrected chi connectivity index (χ0v) is 12.4. The van der Waals surface area contributed by atoms with Crippen molar-refractivity contribution in [2.75, 3.05) is 25.0 Å². The lowest BCUT2D eigenvalue weighted by molar-refractivity contribution is -0.128. The number of nitrogens with one attached hydrogen (secondary N) is 1. The average molecular weight is 277 g/mol. The quantitative estimate of drug-likeness (QED) is 0.914. The Bertz CT molecular complexity index is 575. The summed E-state index contributed by atoms with van der Waals surface area (Å²) >= 11 is 1.58. The van der Waals surface area contributed by atoms with Crippen LogP contribution in [0.4, 0.5) is 5.13 Å². The molecule has 4 nitrogen and oxygen atoms in total. The first-order chi connectivity index (χ1) is 9.13. The molecule has 0 radical (unpaired) electrons. The largest absolute Gasteiger partial charge is 0.352 e. The Morgan fingerprint density at radius 2 is 2.11 bits per heavy atom. The fourth-order valence-electron chi connectivity index (χ4n) is 1.95. The van der Waals surface area contributed by atoms with Crippen LogP contribution in [0.15, 0.2) is 18.2 Å². The van der Waals surface area contributed by atoms with Gasteiger partial charge in [-0.15, -0.1) is 0 Å². The first kappa shape index (κ1) is 13.8. The summed E-state index contributed by atoms with van der Waals surface area (Å²) in [6.45, 7) is 7.83. The van der Waals surface area contributed by atoms with Crippen LogP contribution in [0.25, 0.3) is 10.2 Å². The Morgan fingerprint density at radius 1 is 1.37 bits per heavy atom. The van der Waals surface area contributed by atoms with Crippen molar-refractivity contribution in [3.8, 4) is 0 Å². The normalized spacial score (nSPS) is 10.7. The first-order valence-corrected chi connectivity index (χ1v) is 7.34. The van der Waals surface area contributed by atoms with Crippen molar-refractivity contribution in [3.05, 3.63) is 23.8 Å². The predicted molar refractivity (Wildman–Crippen MR) is 80.8 cm³/mol. The molecule has 2 aromatic rings. The van der Waals surface area contributed by atoms with Gasteiger partial charge < -0.3 is 10.2 Å². The van der Waals surface area contributed by atoms with E-state index in [1.54, 1.807) is 11.3 Å². The standard InChI is InChI=1S/C14H19N3OS/c1-4-17(5-2)13(18)9-15-14-16-11-8-10(3)6-7-12(11)19-14/h6-8H,4-5,9H2,1-3H3,(H,15,16). The summed E-state index contributed by atoms with van der Waals surface area (Å²) in [5.74, 6) is 0.112. The Kier molecular flexibility index (Phi) is 4.37. The number of anilines is 1. The van der Waals surface area contributed by atoms with E-state index in [0.717, 1.165) is 28.4 Å². The van der Waals surface area contributed by atoms with Gasteiger partial charge in [-0.2, -0.15) is 0 Å². The predicted octanol–water partition coefficient (Wildman–Crippen LogP) is 2.89. The third-order valence-corrected chi connectivity index (χ3v) is 4.04. The highest BCUT2D eigenvalue weighted by molar-refractivity contribution is 7.22. The van der Waals surface area contributed by atoms with Gasteiger partial charge in [-0.1, -0.05) is 17.4 Å². The minimum absolute atomic E-state index is 0.112. The molecule has 1 aromatic carbocycles. The topological polar surface area (TPSA) is 45.2 Å². The molecular weight excluding hydrogens is 258 g/mol. The van der Waals surface area contributed by atoms with E-state index >= 15 is 0 Å². The second-order valence-corrected chi connectivity index (χ2v) is 5.44. The van der Waals surface area contributed by atoms with Crippen molar-refractivity contribution in [2.24, 2.45) is 0 Å². The minimum Gasteiger partial charge on any atom is -0.352 e. The van der Waals surface area contributed by atoms with Crippen LogP contribution in [0, 0.1) is 6.92 Å². The number of likely N-dealkylation sites (N-methyl/N-ethyl adjacent to an activating group) is 1. The fourth-order valence-corrected chi connectivity index (χ4v) is 2.79. The molecule has 0 aliphatic rings. The molecule has 1 N–H and O–H groups in total. The minimum atomic E-state index is 0.112. The summed E-state index contributed by atoms with van der Waals surface area (Å²) < 4.78 is 1.14. The molecule has 5 heteroatoms. The van der Waals surface area contributed by atoms with Crippen LogP contribution in [0.2, 0.25) is 0 Å². The number of thiazole rings is 1. The van der Waals surface area contributed by atoms with Gasteiger partial charge in [0.05, 0.1) is 16.8 Å². The zero-order chi connectivity index (χ0) is 13.8. The number of amides is 1. The highest BCUT2D eigenvalue weighted by Crippen LogP contribution is 2.26. The Morgan fingerprint density at radius 3 is 2.79 bits per heavy atom. The molecule has 0 atom stereocenters. The third-order valence-electron chi connectivity index (χ3n) is 3.05. The van der Waals surface area contributed by atoms with Gasteiger partial charge in [-0.25, -0.2) is 4.98 Å². The maximum absolute atomic E-state index is 11.9. The lowest BCUT2D eigenvalue weighted by atomic mass is 10.2. The molecule has 102 valence electrons. The van der Waals surface area contributed by atoms with Crippen molar-refractivity contribution in [1.29, 1.82) is 0 Å². The SMILES string of the molecule is CCN(CC)C(=O)CNc1nc2cc(C)ccc2s1. The molecule has 0 saturated carbocycles. The number of nitrogens with zero attached hydrogens (tertiary/aromatic N) is 2. The zero-order valence-electron chi connectivity index (χ0n) is 11.6. The van der Waals surface area contributed by atoms with Crippen LogP contribution < -0.4 is 5.32 Å². The molecule has 0 unspecified atom stereocenters. The second kappa shape index (κ2) is 6.02. The number of hydrogen-bond donors (Lipinski definition) is 1. The van der Waals surface area contributed by atoms with Gasteiger partial charge in [0, 0.05) is 13.1 Å². The number of rotatable bonds is 5. The van der Waals surface area contributed by atoms with E-state index in [-0.39, 0.29) is 5.91 Å². The fraction of sp³-hybridized carbons (Fsp3) is 0.429. The van der Waals surface area contributed by atoms with Crippen LogP contribution in [0.3, 0.4) is 0 Å². The van der Waals surface area contributed by atoms with Gasteiger partial charge in [0.2, 0.25) is 5.91 Å². The van der Waals surface area contributed by atoms with Gasteiger partial charge in [0.15, 0.2) is 5.13 Å². The van der Waals surface area contributed by atoms with Crippen LogP contribution >= 0.6 is 11.3 Å². The maximum atomic E-state index is 11.9. The molecule has 0 aliphatic carbocycles. The summed E-state index contributed by atoms with van der Waals surface area (Å²) in [6.07, 6.45) is 0. The van der Waals surface area contributed by atoms with E-state index in [1.165, 1.54) is 5.56 Å². The smallest absolute Gasteiger partial charge is 0.241 e. The number of aromatic nitrogens is 1. The highest BCUT2D eigenvalue weighted by atomic mass is 32.1. The Labute approximate surface area is 117 Å². The number of benzene rings is 1. The molecule has 0 fully saturated rings. The van der Waals surface area contributed by atoms with Crippen molar-refractivity contribution < 1.29 is 4.79 Å². The molecule has 2 rings (SSSR count).